The highest BCUT2D eigenvalue weighted by Crippen LogP contribution is 2.20. The van der Waals surface area contributed by atoms with Gasteiger partial charge in [0, 0.05) is 5.33 Å². The highest BCUT2D eigenvalue weighted by atomic mass is 79.9. The summed E-state index contributed by atoms with van der Waals surface area (Å²) in [7, 11) is 0. The summed E-state index contributed by atoms with van der Waals surface area (Å²) in [4.78, 5) is 18.9. The number of hydrogen-bond acceptors (Lipinski definition) is 3. The van der Waals surface area contributed by atoms with E-state index in [9.17, 15) is 4.79 Å². The lowest BCUT2D eigenvalue weighted by molar-refractivity contribution is 0.0528. The second-order valence-corrected chi connectivity index (χ2v) is 3.86. The highest BCUT2D eigenvalue weighted by molar-refractivity contribution is 9.08. The monoisotopic (exact) mass is 282 g/mol. The number of rotatable bonds is 3. The molecule has 1 N–H and O–H groups in total. The maximum absolute atomic E-state index is 11.7. The lowest BCUT2D eigenvalue weighted by Crippen LogP contribution is -2.06. The van der Waals surface area contributed by atoms with Gasteiger partial charge in [-0.05, 0) is 24.6 Å². The number of H-pyrrole nitrogens is 1. The molecule has 0 saturated carbocycles. The SMILES string of the molecule is CCOC(=O)c1cc(CBr)cc2[nH]cnc12. The Hall–Kier alpha value is -1.36. The topological polar surface area (TPSA) is 55.0 Å². The Morgan fingerprint density at radius 2 is 2.38 bits per heavy atom. The molecule has 16 heavy (non-hydrogen) atoms. The quantitative estimate of drug-likeness (QED) is 0.696. The summed E-state index contributed by atoms with van der Waals surface area (Å²) in [6, 6.07) is 3.76. The van der Waals surface area contributed by atoms with Crippen LogP contribution in [0.25, 0.3) is 11.0 Å². The van der Waals surface area contributed by atoms with Gasteiger partial charge in [0.05, 0.1) is 24.0 Å². The standard InChI is InChI=1S/C11H11BrN2O2/c1-2-16-11(15)8-3-7(5-12)4-9-10(8)14-6-13-9/h3-4,6H,2,5H2,1H3,(H,13,14). The van der Waals surface area contributed by atoms with Gasteiger partial charge < -0.3 is 9.72 Å². The van der Waals surface area contributed by atoms with Gasteiger partial charge in [0.15, 0.2) is 0 Å². The second kappa shape index (κ2) is 4.65. The molecule has 1 aromatic carbocycles. The molecule has 84 valence electrons. The molecule has 0 amide bonds. The van der Waals surface area contributed by atoms with Gasteiger partial charge in [-0.25, -0.2) is 9.78 Å². The Bertz CT molecular complexity index is 522. The van der Waals surface area contributed by atoms with Crippen molar-refractivity contribution in [1.29, 1.82) is 0 Å². The van der Waals surface area contributed by atoms with Crippen LogP contribution in [0.3, 0.4) is 0 Å². The predicted molar refractivity (Wildman–Crippen MR) is 64.7 cm³/mol. The molecule has 0 bridgehead atoms. The van der Waals surface area contributed by atoms with E-state index in [1.807, 2.05) is 6.07 Å². The van der Waals surface area contributed by atoms with Crippen molar-refractivity contribution in [2.45, 2.75) is 12.3 Å². The normalized spacial score (nSPS) is 10.6. The van der Waals surface area contributed by atoms with Crippen LogP contribution in [0, 0.1) is 0 Å². The van der Waals surface area contributed by atoms with Crippen molar-refractivity contribution in [1.82, 2.24) is 9.97 Å². The number of hydrogen-bond donors (Lipinski definition) is 1. The van der Waals surface area contributed by atoms with E-state index in [0.717, 1.165) is 11.1 Å². The largest absolute Gasteiger partial charge is 0.462 e. The third kappa shape index (κ3) is 1.95. The fourth-order valence-corrected chi connectivity index (χ4v) is 1.88. The smallest absolute Gasteiger partial charge is 0.340 e. The first-order valence-corrected chi connectivity index (χ1v) is 6.07. The van der Waals surface area contributed by atoms with Gasteiger partial charge in [0.2, 0.25) is 0 Å². The minimum Gasteiger partial charge on any atom is -0.462 e. The zero-order valence-electron chi connectivity index (χ0n) is 8.79. The summed E-state index contributed by atoms with van der Waals surface area (Å²) < 4.78 is 5.00. The first-order valence-electron chi connectivity index (χ1n) is 4.95. The number of nitrogens with one attached hydrogen (secondary N) is 1. The highest BCUT2D eigenvalue weighted by Gasteiger charge is 2.14. The maximum Gasteiger partial charge on any atom is 0.340 e. The molecular formula is C11H11BrN2O2. The van der Waals surface area contributed by atoms with Crippen LogP contribution >= 0.6 is 15.9 Å². The summed E-state index contributed by atoms with van der Waals surface area (Å²) >= 11 is 3.37. The molecule has 0 atom stereocenters. The molecule has 2 aromatic rings. The molecule has 0 unspecified atom stereocenters. The molecule has 1 heterocycles. The average Bonchev–Trinajstić information content (AvgIpc) is 2.75. The van der Waals surface area contributed by atoms with E-state index in [4.69, 9.17) is 4.74 Å². The third-order valence-electron chi connectivity index (χ3n) is 2.23. The van der Waals surface area contributed by atoms with Gasteiger partial charge in [-0.2, -0.15) is 0 Å². The number of halogens is 1. The average molecular weight is 283 g/mol. The number of esters is 1. The molecule has 0 aliphatic rings. The van der Waals surface area contributed by atoms with E-state index in [0.29, 0.717) is 23.0 Å². The maximum atomic E-state index is 11.7. The van der Waals surface area contributed by atoms with E-state index in [2.05, 4.69) is 25.9 Å². The van der Waals surface area contributed by atoms with Crippen LogP contribution in [-0.2, 0) is 10.1 Å². The van der Waals surface area contributed by atoms with Gasteiger partial charge in [-0.3, -0.25) is 0 Å². The van der Waals surface area contributed by atoms with Crippen LogP contribution in [0.2, 0.25) is 0 Å². The number of carbonyl (C=O) groups is 1. The van der Waals surface area contributed by atoms with Gasteiger partial charge in [-0.1, -0.05) is 15.9 Å². The van der Waals surface area contributed by atoms with Crippen molar-refractivity contribution in [2.24, 2.45) is 0 Å². The second-order valence-electron chi connectivity index (χ2n) is 3.30. The van der Waals surface area contributed by atoms with Gasteiger partial charge in [-0.15, -0.1) is 0 Å². The first-order chi connectivity index (χ1) is 7.76. The van der Waals surface area contributed by atoms with Crippen molar-refractivity contribution in [3.05, 3.63) is 29.6 Å². The fraction of sp³-hybridized carbons (Fsp3) is 0.273. The number of fused-ring (bicyclic) bond motifs is 1. The molecule has 0 fully saturated rings. The van der Waals surface area contributed by atoms with Gasteiger partial charge in [0.25, 0.3) is 0 Å². The van der Waals surface area contributed by atoms with Crippen LogP contribution in [0.1, 0.15) is 22.8 Å². The van der Waals surface area contributed by atoms with Crippen molar-refractivity contribution in [2.75, 3.05) is 6.61 Å². The summed E-state index contributed by atoms with van der Waals surface area (Å²) in [5.74, 6) is -0.331. The molecule has 2 rings (SSSR count). The summed E-state index contributed by atoms with van der Waals surface area (Å²) in [6.07, 6.45) is 1.57. The molecule has 4 nitrogen and oxygen atoms in total. The summed E-state index contributed by atoms with van der Waals surface area (Å²) in [6.45, 7) is 2.15. The number of aromatic nitrogens is 2. The van der Waals surface area contributed by atoms with E-state index in [1.165, 1.54) is 0 Å². The number of imidazole rings is 1. The molecule has 0 aliphatic heterocycles. The number of ether oxygens (including phenoxy) is 1. The summed E-state index contributed by atoms with van der Waals surface area (Å²) in [5, 5.41) is 0.689. The van der Waals surface area contributed by atoms with Crippen LogP contribution in [0.4, 0.5) is 0 Å². The van der Waals surface area contributed by atoms with Gasteiger partial charge >= 0.3 is 5.97 Å². The third-order valence-corrected chi connectivity index (χ3v) is 2.88. The number of alkyl halides is 1. The number of carbonyl (C=O) groups excluding carboxylic acids is 1. The molecule has 1 aromatic heterocycles. The van der Waals surface area contributed by atoms with E-state index in [-0.39, 0.29) is 5.97 Å². The van der Waals surface area contributed by atoms with Crippen molar-refractivity contribution in [3.63, 3.8) is 0 Å². The Morgan fingerprint density at radius 1 is 1.56 bits per heavy atom. The summed E-state index contributed by atoms with van der Waals surface area (Å²) in [5.41, 5.74) is 3.03. The zero-order chi connectivity index (χ0) is 11.5. The number of aromatic amines is 1. The number of benzene rings is 1. The Balaban J connectivity index is 2.56. The molecular weight excluding hydrogens is 272 g/mol. The Labute approximate surface area is 101 Å². The van der Waals surface area contributed by atoms with Crippen LogP contribution < -0.4 is 0 Å². The first kappa shape index (κ1) is 11.1. The van der Waals surface area contributed by atoms with Crippen molar-refractivity contribution in [3.8, 4) is 0 Å². The zero-order valence-corrected chi connectivity index (χ0v) is 10.4. The molecule has 0 radical (unpaired) electrons. The van der Waals surface area contributed by atoms with Crippen LogP contribution in [-0.4, -0.2) is 22.5 Å². The molecule has 0 spiro atoms. The van der Waals surface area contributed by atoms with Crippen molar-refractivity contribution < 1.29 is 9.53 Å². The van der Waals surface area contributed by atoms with Crippen LogP contribution in [0.15, 0.2) is 18.5 Å². The number of nitrogens with zero attached hydrogens (tertiary/aromatic N) is 1. The fourth-order valence-electron chi connectivity index (χ4n) is 1.55. The van der Waals surface area contributed by atoms with Gasteiger partial charge in [0.1, 0.15) is 5.52 Å². The minimum absolute atomic E-state index is 0.331. The van der Waals surface area contributed by atoms with Crippen LogP contribution in [0.5, 0.6) is 0 Å². The lowest BCUT2D eigenvalue weighted by atomic mass is 10.1. The predicted octanol–water partition coefficient (Wildman–Crippen LogP) is 2.63. The van der Waals surface area contributed by atoms with Crippen molar-refractivity contribution >= 4 is 32.9 Å². The Kier molecular flexibility index (Phi) is 3.24. The van der Waals surface area contributed by atoms with E-state index < -0.39 is 0 Å². The lowest BCUT2D eigenvalue weighted by Gasteiger charge is -2.04. The van der Waals surface area contributed by atoms with E-state index in [1.54, 1.807) is 19.3 Å². The minimum atomic E-state index is -0.331. The molecule has 0 saturated heterocycles. The Morgan fingerprint density at radius 3 is 3.06 bits per heavy atom. The molecule has 0 aliphatic carbocycles. The van der Waals surface area contributed by atoms with E-state index >= 15 is 0 Å². The molecule has 5 heteroatoms.